The Morgan fingerprint density at radius 2 is 2.18 bits per heavy atom. The van der Waals surface area contributed by atoms with Gasteiger partial charge in [-0.2, -0.15) is 0 Å². The van der Waals surface area contributed by atoms with E-state index >= 15 is 0 Å². The van der Waals surface area contributed by atoms with Gasteiger partial charge in [-0.05, 0) is 20.5 Å². The van der Waals surface area contributed by atoms with Gasteiger partial charge in [0, 0.05) is 31.5 Å². The van der Waals surface area contributed by atoms with Gasteiger partial charge in [0.25, 0.3) is 0 Å². The van der Waals surface area contributed by atoms with Crippen molar-refractivity contribution in [2.75, 3.05) is 32.1 Å². The van der Waals surface area contributed by atoms with Gasteiger partial charge in [-0.1, -0.05) is 0 Å². The number of aromatic nitrogens is 2. The molecule has 1 saturated heterocycles. The Hall–Kier alpha value is -1.69. The van der Waals surface area contributed by atoms with E-state index in [-0.39, 0.29) is 5.69 Å². The van der Waals surface area contributed by atoms with Crippen LogP contribution in [0.3, 0.4) is 0 Å². The number of carboxylic acids is 1. The summed E-state index contributed by atoms with van der Waals surface area (Å²) in [7, 11) is 4.06. The number of carbonyl (C=O) groups is 1. The first-order valence-corrected chi connectivity index (χ1v) is 5.55. The second kappa shape index (κ2) is 4.67. The van der Waals surface area contributed by atoms with Crippen molar-refractivity contribution in [3.05, 3.63) is 18.1 Å². The zero-order valence-corrected chi connectivity index (χ0v) is 10.00. The lowest BCUT2D eigenvalue weighted by molar-refractivity contribution is 0.0691. The lowest BCUT2D eigenvalue weighted by atomic mass is 10.2. The van der Waals surface area contributed by atoms with Crippen molar-refractivity contribution in [2.24, 2.45) is 0 Å². The number of rotatable bonds is 3. The number of carboxylic acid groups (broad SMARTS) is 1. The highest BCUT2D eigenvalue weighted by Gasteiger charge is 2.28. The summed E-state index contributed by atoms with van der Waals surface area (Å²) in [5.41, 5.74) is 0.0342. The number of likely N-dealkylation sites (N-methyl/N-ethyl adjacent to an activating group) is 1. The minimum Gasteiger partial charge on any atom is -0.476 e. The standard InChI is InChI=1S/C11H16N4O2/c1-14(2)8-3-6-15(7-8)10-9(11(16)17)12-4-5-13-10/h4-5,8H,3,6-7H2,1-2H3,(H,16,17). The molecule has 1 unspecified atom stereocenters. The van der Waals surface area contributed by atoms with Gasteiger partial charge < -0.3 is 14.9 Å². The van der Waals surface area contributed by atoms with Crippen LogP contribution in [0.1, 0.15) is 16.9 Å². The molecule has 1 fully saturated rings. The molecule has 2 rings (SSSR count). The van der Waals surface area contributed by atoms with Crippen molar-refractivity contribution >= 4 is 11.8 Å². The van der Waals surface area contributed by atoms with Gasteiger partial charge in [0.15, 0.2) is 11.5 Å². The van der Waals surface area contributed by atoms with Crippen LogP contribution in [-0.4, -0.2) is 59.2 Å². The third-order valence-corrected chi connectivity index (χ3v) is 3.07. The van der Waals surface area contributed by atoms with E-state index in [2.05, 4.69) is 14.9 Å². The summed E-state index contributed by atoms with van der Waals surface area (Å²) >= 11 is 0. The number of aromatic carboxylic acids is 1. The van der Waals surface area contributed by atoms with E-state index in [4.69, 9.17) is 5.11 Å². The molecular weight excluding hydrogens is 220 g/mol. The Bertz CT molecular complexity index is 422. The first-order valence-electron chi connectivity index (χ1n) is 5.55. The molecule has 1 aliphatic rings. The molecule has 0 bridgehead atoms. The first-order chi connectivity index (χ1) is 8.09. The van der Waals surface area contributed by atoms with E-state index in [1.165, 1.54) is 12.4 Å². The highest BCUT2D eigenvalue weighted by atomic mass is 16.4. The van der Waals surface area contributed by atoms with E-state index in [9.17, 15) is 4.79 Å². The van der Waals surface area contributed by atoms with Gasteiger partial charge in [-0.25, -0.2) is 14.8 Å². The number of hydrogen-bond acceptors (Lipinski definition) is 5. The molecule has 0 radical (unpaired) electrons. The van der Waals surface area contributed by atoms with Gasteiger partial charge in [0.05, 0.1) is 0 Å². The Labute approximate surface area is 99.9 Å². The normalized spacial score (nSPS) is 19.9. The maximum Gasteiger partial charge on any atom is 0.358 e. The van der Waals surface area contributed by atoms with E-state index in [1.807, 2.05) is 19.0 Å². The fourth-order valence-corrected chi connectivity index (χ4v) is 2.07. The lowest BCUT2D eigenvalue weighted by Gasteiger charge is -2.21. The molecule has 1 aliphatic heterocycles. The van der Waals surface area contributed by atoms with Crippen LogP contribution in [0.2, 0.25) is 0 Å². The highest BCUT2D eigenvalue weighted by Crippen LogP contribution is 2.22. The molecular formula is C11H16N4O2. The second-order valence-corrected chi connectivity index (χ2v) is 4.39. The minimum absolute atomic E-state index is 0.0342. The van der Waals surface area contributed by atoms with Crippen molar-refractivity contribution in [3.63, 3.8) is 0 Å². The lowest BCUT2D eigenvalue weighted by Crippen LogP contribution is -2.32. The van der Waals surface area contributed by atoms with Crippen LogP contribution < -0.4 is 4.90 Å². The Balaban J connectivity index is 2.21. The summed E-state index contributed by atoms with van der Waals surface area (Å²) in [5.74, 6) is -0.550. The van der Waals surface area contributed by atoms with Gasteiger partial charge in [-0.3, -0.25) is 0 Å². The van der Waals surface area contributed by atoms with Crippen molar-refractivity contribution in [1.29, 1.82) is 0 Å². The first kappa shape index (κ1) is 11.8. The van der Waals surface area contributed by atoms with Crippen LogP contribution in [0, 0.1) is 0 Å². The van der Waals surface area contributed by atoms with Crippen molar-refractivity contribution in [1.82, 2.24) is 14.9 Å². The Kier molecular flexibility index (Phi) is 3.23. The van der Waals surface area contributed by atoms with E-state index < -0.39 is 5.97 Å². The third-order valence-electron chi connectivity index (χ3n) is 3.07. The summed E-state index contributed by atoms with van der Waals surface area (Å²) in [6, 6.07) is 0.443. The fraction of sp³-hybridized carbons (Fsp3) is 0.545. The number of anilines is 1. The molecule has 1 aromatic rings. The van der Waals surface area contributed by atoms with Crippen molar-refractivity contribution in [3.8, 4) is 0 Å². The monoisotopic (exact) mass is 236 g/mol. The quantitative estimate of drug-likeness (QED) is 0.814. The molecule has 2 heterocycles. The topological polar surface area (TPSA) is 69.6 Å². The second-order valence-electron chi connectivity index (χ2n) is 4.39. The average molecular weight is 236 g/mol. The molecule has 6 nitrogen and oxygen atoms in total. The summed E-state index contributed by atoms with van der Waals surface area (Å²) in [4.78, 5) is 23.2. The molecule has 6 heteroatoms. The predicted molar refractivity (Wildman–Crippen MR) is 63.3 cm³/mol. The van der Waals surface area contributed by atoms with Gasteiger partial charge in [-0.15, -0.1) is 0 Å². The molecule has 0 aliphatic carbocycles. The maximum absolute atomic E-state index is 11.1. The van der Waals surface area contributed by atoms with Crippen LogP contribution in [0.5, 0.6) is 0 Å². The van der Waals surface area contributed by atoms with Gasteiger partial charge in [0.1, 0.15) is 0 Å². The molecule has 1 aromatic heterocycles. The third kappa shape index (κ3) is 2.36. The zero-order chi connectivity index (χ0) is 12.4. The molecule has 1 N–H and O–H groups in total. The van der Waals surface area contributed by atoms with Crippen molar-refractivity contribution in [2.45, 2.75) is 12.5 Å². The summed E-state index contributed by atoms with van der Waals surface area (Å²) < 4.78 is 0. The average Bonchev–Trinajstić information content (AvgIpc) is 2.78. The Morgan fingerprint density at radius 3 is 2.76 bits per heavy atom. The molecule has 17 heavy (non-hydrogen) atoms. The summed E-state index contributed by atoms with van der Waals surface area (Å²) in [6.07, 6.45) is 3.96. The van der Waals surface area contributed by atoms with Gasteiger partial charge in [0.2, 0.25) is 0 Å². The molecule has 0 amide bonds. The minimum atomic E-state index is -1.03. The molecule has 0 spiro atoms. The fourth-order valence-electron chi connectivity index (χ4n) is 2.07. The molecule has 0 saturated carbocycles. The summed E-state index contributed by atoms with van der Waals surface area (Å²) in [6.45, 7) is 1.62. The van der Waals surface area contributed by atoms with Crippen LogP contribution in [0.25, 0.3) is 0 Å². The number of hydrogen-bond donors (Lipinski definition) is 1. The highest BCUT2D eigenvalue weighted by molar-refractivity contribution is 5.90. The zero-order valence-electron chi connectivity index (χ0n) is 10.00. The van der Waals surface area contributed by atoms with Crippen LogP contribution in [-0.2, 0) is 0 Å². The number of nitrogens with zero attached hydrogens (tertiary/aromatic N) is 4. The predicted octanol–water partition coefficient (Wildman–Crippen LogP) is 0.315. The van der Waals surface area contributed by atoms with E-state index in [0.717, 1.165) is 19.5 Å². The molecule has 0 aromatic carbocycles. The van der Waals surface area contributed by atoms with Crippen LogP contribution in [0.4, 0.5) is 5.82 Å². The van der Waals surface area contributed by atoms with E-state index in [1.54, 1.807) is 0 Å². The van der Waals surface area contributed by atoms with Crippen LogP contribution in [0.15, 0.2) is 12.4 Å². The van der Waals surface area contributed by atoms with Gasteiger partial charge >= 0.3 is 5.97 Å². The largest absolute Gasteiger partial charge is 0.476 e. The summed E-state index contributed by atoms with van der Waals surface area (Å²) in [5, 5.41) is 9.06. The van der Waals surface area contributed by atoms with Crippen LogP contribution >= 0.6 is 0 Å². The SMILES string of the molecule is CN(C)C1CCN(c2nccnc2C(=O)O)C1. The Morgan fingerprint density at radius 1 is 1.47 bits per heavy atom. The molecule has 92 valence electrons. The smallest absolute Gasteiger partial charge is 0.358 e. The molecule has 1 atom stereocenters. The van der Waals surface area contributed by atoms with Crippen molar-refractivity contribution < 1.29 is 9.90 Å². The maximum atomic E-state index is 11.1. The van der Waals surface area contributed by atoms with E-state index in [0.29, 0.717) is 11.9 Å².